The van der Waals surface area contributed by atoms with Crippen LogP contribution in [0.2, 0.25) is 18.1 Å². The molecule has 3 aliphatic rings. The zero-order valence-corrected chi connectivity index (χ0v) is 30.2. The summed E-state index contributed by atoms with van der Waals surface area (Å²) in [4.78, 5) is 0. The number of benzene rings is 2. The lowest BCUT2D eigenvalue weighted by molar-refractivity contribution is -0.221. The van der Waals surface area contributed by atoms with Crippen LogP contribution in [0.25, 0.3) is 0 Å². The van der Waals surface area contributed by atoms with Gasteiger partial charge in [-0.05, 0) is 35.7 Å². The topological polar surface area (TPSA) is 98.8 Å². The monoisotopic (exact) mass is 730 g/mol. The lowest BCUT2D eigenvalue weighted by Gasteiger charge is -2.46. The van der Waals surface area contributed by atoms with Crippen LogP contribution < -0.4 is 0 Å². The molecule has 0 amide bonds. The van der Waals surface area contributed by atoms with Crippen molar-refractivity contribution in [3.63, 3.8) is 0 Å². The lowest BCUT2D eigenvalue weighted by atomic mass is 9.93. The van der Waals surface area contributed by atoms with Crippen molar-refractivity contribution in [1.29, 1.82) is 0 Å². The molecule has 3 fully saturated rings. The van der Waals surface area contributed by atoms with Crippen molar-refractivity contribution in [2.24, 2.45) is 0 Å². The quantitative estimate of drug-likeness (QED) is 0.0790. The Kier molecular flexibility index (Phi) is 13.4. The molecule has 274 valence electrons. The molecule has 5 rings (SSSR count). The molecule has 0 radical (unpaired) electrons. The number of ether oxygens (including phenoxy) is 5. The van der Waals surface area contributed by atoms with Gasteiger partial charge in [-0.25, -0.2) is 0 Å². The maximum atomic E-state index is 13.3. The maximum Gasteiger partial charge on any atom is 0.523 e. The van der Waals surface area contributed by atoms with Crippen molar-refractivity contribution >= 4 is 18.4 Å². The average molecular weight is 731 g/mol. The SMILES string of the molecule is CC[Si](CC)(CC)O[C@H]1C[C@H]2O[C@H]3C[C@H](CCOCc4ccccc4)O[C@@H]3C[C@H](OCc3ccccc3)[C@@H]2O[C@@H]1COS(=O)(=O)C(F)(F)F. The predicted octanol–water partition coefficient (Wildman–Crippen LogP) is 6.91. The average Bonchev–Trinajstić information content (AvgIpc) is 3.41. The third kappa shape index (κ3) is 9.92. The highest BCUT2D eigenvalue weighted by molar-refractivity contribution is 7.87. The fourth-order valence-corrected chi connectivity index (χ4v) is 10.3. The van der Waals surface area contributed by atoms with Gasteiger partial charge in [-0.1, -0.05) is 81.4 Å². The molecular formula is C35H49F3O9SSi. The number of fused-ring (bicyclic) bond motifs is 2. The van der Waals surface area contributed by atoms with Crippen molar-refractivity contribution < 1.29 is 53.9 Å². The summed E-state index contributed by atoms with van der Waals surface area (Å²) in [6, 6.07) is 22.0. The van der Waals surface area contributed by atoms with Crippen LogP contribution in [-0.2, 0) is 55.6 Å². The van der Waals surface area contributed by atoms with Gasteiger partial charge in [0.2, 0.25) is 0 Å². The van der Waals surface area contributed by atoms with Gasteiger partial charge in [0.25, 0.3) is 0 Å². The van der Waals surface area contributed by atoms with E-state index in [4.69, 9.17) is 28.1 Å². The molecule has 14 heteroatoms. The first kappa shape index (κ1) is 38.4. The Morgan fingerprint density at radius 3 is 1.98 bits per heavy atom. The smallest absolute Gasteiger partial charge is 0.411 e. The van der Waals surface area contributed by atoms with Crippen molar-refractivity contribution in [1.82, 2.24) is 0 Å². The molecule has 0 unspecified atom stereocenters. The molecule has 0 saturated carbocycles. The third-order valence-corrected chi connectivity index (χ3v) is 15.7. The third-order valence-electron chi connectivity index (χ3n) is 10.0. The van der Waals surface area contributed by atoms with Crippen molar-refractivity contribution in [2.45, 2.75) is 132 Å². The molecule has 8 atom stereocenters. The summed E-state index contributed by atoms with van der Waals surface area (Å²) >= 11 is 0. The van der Waals surface area contributed by atoms with Crippen LogP contribution >= 0.6 is 0 Å². The molecule has 3 heterocycles. The van der Waals surface area contributed by atoms with E-state index < -0.39 is 61.1 Å². The second kappa shape index (κ2) is 17.1. The molecule has 49 heavy (non-hydrogen) atoms. The number of halogens is 3. The molecule has 3 aliphatic heterocycles. The van der Waals surface area contributed by atoms with Gasteiger partial charge in [0.15, 0.2) is 8.32 Å². The summed E-state index contributed by atoms with van der Waals surface area (Å²) in [5, 5.41) is 0. The molecule has 2 aromatic rings. The van der Waals surface area contributed by atoms with Crippen LogP contribution in [-0.4, -0.2) is 84.3 Å². The fourth-order valence-electron chi connectivity index (χ4n) is 7.01. The van der Waals surface area contributed by atoms with Crippen molar-refractivity contribution in [3.05, 3.63) is 71.8 Å². The summed E-state index contributed by atoms with van der Waals surface area (Å²) in [7, 11) is -8.16. The molecule has 3 saturated heterocycles. The minimum Gasteiger partial charge on any atom is -0.411 e. The minimum absolute atomic E-state index is 0.0808. The summed E-state index contributed by atoms with van der Waals surface area (Å²) in [5.74, 6) is 0. The maximum absolute atomic E-state index is 13.3. The standard InChI is InChI=1S/C35H49F3O9SSi/c1-4-49(5-2,6-3)47-30-21-32-34(46-33(30)24-43-48(39,40)35(36,37)38)31(42-23-26-15-11-8-12-16-26)20-29-28(45-32)19-27(44-29)17-18-41-22-25-13-9-7-10-14-25/h7-16,27-34H,4-6,17-24H2,1-3H3/t27-,28-,29+,30-,31-,32+,33+,34-/m0/s1. The molecule has 9 nitrogen and oxygen atoms in total. The van der Waals surface area contributed by atoms with Gasteiger partial charge >= 0.3 is 15.6 Å². The zero-order chi connectivity index (χ0) is 35.1. The summed E-state index contributed by atoms with van der Waals surface area (Å²) in [5.41, 5.74) is -3.51. The Bertz CT molecular complexity index is 1390. The van der Waals surface area contributed by atoms with Gasteiger partial charge in [-0.15, -0.1) is 0 Å². The van der Waals surface area contributed by atoms with Gasteiger partial charge in [0.1, 0.15) is 12.2 Å². The molecule has 0 N–H and O–H groups in total. The molecular weight excluding hydrogens is 682 g/mol. The van der Waals surface area contributed by atoms with E-state index in [1.54, 1.807) is 0 Å². The van der Waals surface area contributed by atoms with E-state index in [1.807, 2.05) is 81.4 Å². The van der Waals surface area contributed by atoms with Crippen LogP contribution in [0.1, 0.15) is 57.6 Å². The fraction of sp³-hybridized carbons (Fsp3) is 0.657. The lowest BCUT2D eigenvalue weighted by Crippen LogP contribution is -2.57. The molecule has 0 spiro atoms. The second-order valence-electron chi connectivity index (χ2n) is 13.1. The molecule has 0 aromatic heterocycles. The Balaban J connectivity index is 1.34. The number of hydrogen-bond donors (Lipinski definition) is 0. The van der Waals surface area contributed by atoms with E-state index in [1.165, 1.54) is 0 Å². The Morgan fingerprint density at radius 2 is 1.37 bits per heavy atom. The van der Waals surface area contributed by atoms with Gasteiger partial charge in [-0.3, -0.25) is 4.18 Å². The first-order valence-electron chi connectivity index (χ1n) is 17.3. The zero-order valence-electron chi connectivity index (χ0n) is 28.4. The largest absolute Gasteiger partial charge is 0.523 e. The van der Waals surface area contributed by atoms with Crippen LogP contribution in [0.4, 0.5) is 13.2 Å². The van der Waals surface area contributed by atoms with Crippen LogP contribution in [0.3, 0.4) is 0 Å². The molecule has 2 aromatic carbocycles. The predicted molar refractivity (Wildman–Crippen MR) is 179 cm³/mol. The highest BCUT2D eigenvalue weighted by Gasteiger charge is 2.53. The highest BCUT2D eigenvalue weighted by Crippen LogP contribution is 2.41. The first-order valence-corrected chi connectivity index (χ1v) is 21.3. The number of alkyl halides is 3. The summed E-state index contributed by atoms with van der Waals surface area (Å²) in [6.07, 6.45) is -2.19. The van der Waals surface area contributed by atoms with E-state index in [0.29, 0.717) is 38.9 Å². The van der Waals surface area contributed by atoms with Crippen LogP contribution in [0, 0.1) is 0 Å². The second-order valence-corrected chi connectivity index (χ2v) is 19.4. The minimum atomic E-state index is -5.84. The van der Waals surface area contributed by atoms with E-state index in [-0.39, 0.29) is 24.9 Å². The molecule has 0 aliphatic carbocycles. The van der Waals surface area contributed by atoms with Crippen LogP contribution in [0.15, 0.2) is 60.7 Å². The van der Waals surface area contributed by atoms with Gasteiger partial charge in [0, 0.05) is 25.9 Å². The Labute approximate surface area is 288 Å². The van der Waals surface area contributed by atoms with E-state index >= 15 is 0 Å². The first-order chi connectivity index (χ1) is 23.5. The summed E-state index contributed by atoms with van der Waals surface area (Å²) in [6.45, 7) is 6.62. The van der Waals surface area contributed by atoms with Crippen molar-refractivity contribution in [3.8, 4) is 0 Å². The normalized spacial score (nSPS) is 29.3. The van der Waals surface area contributed by atoms with Crippen molar-refractivity contribution in [2.75, 3.05) is 13.2 Å². The van der Waals surface area contributed by atoms with E-state index in [9.17, 15) is 21.6 Å². The Morgan fingerprint density at radius 1 is 0.776 bits per heavy atom. The van der Waals surface area contributed by atoms with Gasteiger partial charge in [0.05, 0.1) is 56.4 Å². The number of hydrogen-bond acceptors (Lipinski definition) is 9. The molecule has 0 bridgehead atoms. The van der Waals surface area contributed by atoms with E-state index in [2.05, 4.69) is 4.18 Å². The van der Waals surface area contributed by atoms with Gasteiger partial charge in [-0.2, -0.15) is 21.6 Å². The Hall–Kier alpha value is -1.88. The highest BCUT2D eigenvalue weighted by atomic mass is 32.2. The van der Waals surface area contributed by atoms with Crippen LogP contribution in [0.5, 0.6) is 0 Å². The van der Waals surface area contributed by atoms with E-state index in [0.717, 1.165) is 29.3 Å². The number of rotatable bonds is 16. The summed E-state index contributed by atoms with van der Waals surface area (Å²) < 4.78 is 107. The van der Waals surface area contributed by atoms with Gasteiger partial charge < -0.3 is 28.1 Å².